The molecule has 1 saturated carbocycles. The van der Waals surface area contributed by atoms with Crippen LogP contribution in [0.25, 0.3) is 0 Å². The van der Waals surface area contributed by atoms with Gasteiger partial charge in [-0.05, 0) is 43.7 Å². The first-order valence-electron chi connectivity index (χ1n) is 7.39. The molecule has 4 nitrogen and oxygen atoms in total. The van der Waals surface area contributed by atoms with Crippen molar-refractivity contribution in [2.75, 3.05) is 6.54 Å². The summed E-state index contributed by atoms with van der Waals surface area (Å²) >= 11 is 0. The molecule has 20 heavy (non-hydrogen) atoms. The van der Waals surface area contributed by atoms with E-state index in [1.165, 1.54) is 12.8 Å². The SMILES string of the molecule is CCN(Cc1ccco1)Cc1ccc(CNC2CC2)o1. The highest BCUT2D eigenvalue weighted by Crippen LogP contribution is 2.20. The van der Waals surface area contributed by atoms with Gasteiger partial charge in [-0.1, -0.05) is 6.92 Å². The van der Waals surface area contributed by atoms with Crippen molar-refractivity contribution < 1.29 is 8.83 Å². The van der Waals surface area contributed by atoms with Gasteiger partial charge in [-0.25, -0.2) is 0 Å². The van der Waals surface area contributed by atoms with Crippen molar-refractivity contribution in [1.82, 2.24) is 10.2 Å². The highest BCUT2D eigenvalue weighted by Gasteiger charge is 2.20. The maximum Gasteiger partial charge on any atom is 0.118 e. The second kappa shape index (κ2) is 6.29. The molecule has 0 radical (unpaired) electrons. The van der Waals surface area contributed by atoms with Crippen molar-refractivity contribution in [2.45, 2.75) is 45.4 Å². The van der Waals surface area contributed by atoms with E-state index < -0.39 is 0 Å². The maximum atomic E-state index is 5.88. The molecule has 0 spiro atoms. The average molecular weight is 274 g/mol. The van der Waals surface area contributed by atoms with Crippen molar-refractivity contribution >= 4 is 0 Å². The van der Waals surface area contributed by atoms with Crippen molar-refractivity contribution in [3.8, 4) is 0 Å². The van der Waals surface area contributed by atoms with Crippen molar-refractivity contribution in [2.24, 2.45) is 0 Å². The second-order valence-corrected chi connectivity index (χ2v) is 5.41. The van der Waals surface area contributed by atoms with Gasteiger partial charge in [0.05, 0.1) is 25.9 Å². The molecule has 0 amide bonds. The molecule has 108 valence electrons. The molecular formula is C16H22N2O2. The summed E-state index contributed by atoms with van der Waals surface area (Å²) in [6, 6.07) is 8.81. The molecule has 1 N–H and O–H groups in total. The number of hydrogen-bond acceptors (Lipinski definition) is 4. The van der Waals surface area contributed by atoms with E-state index in [1.54, 1.807) is 6.26 Å². The van der Waals surface area contributed by atoms with Gasteiger partial charge in [0.1, 0.15) is 17.3 Å². The molecule has 2 aromatic rings. The lowest BCUT2D eigenvalue weighted by Crippen LogP contribution is -2.21. The van der Waals surface area contributed by atoms with Crippen molar-refractivity contribution in [3.05, 3.63) is 47.8 Å². The first kappa shape index (κ1) is 13.5. The Hall–Kier alpha value is -1.52. The van der Waals surface area contributed by atoms with Gasteiger partial charge < -0.3 is 14.2 Å². The molecule has 0 bridgehead atoms. The first-order chi connectivity index (χ1) is 9.83. The van der Waals surface area contributed by atoms with E-state index in [-0.39, 0.29) is 0 Å². The predicted octanol–water partition coefficient (Wildman–Crippen LogP) is 3.15. The van der Waals surface area contributed by atoms with Gasteiger partial charge in [-0.3, -0.25) is 4.90 Å². The third-order valence-corrected chi connectivity index (χ3v) is 3.65. The normalized spacial score (nSPS) is 15.1. The highest BCUT2D eigenvalue weighted by molar-refractivity contribution is 5.08. The standard InChI is InChI=1S/C16H22N2O2/c1-2-18(11-15-4-3-9-19-15)12-16-8-7-14(20-16)10-17-13-5-6-13/h3-4,7-9,13,17H,2,5-6,10-12H2,1H3. The summed E-state index contributed by atoms with van der Waals surface area (Å²) in [5.41, 5.74) is 0. The van der Waals surface area contributed by atoms with E-state index in [2.05, 4.69) is 29.3 Å². The molecule has 3 rings (SSSR count). The third kappa shape index (κ3) is 3.74. The van der Waals surface area contributed by atoms with Crippen LogP contribution in [0.1, 0.15) is 37.0 Å². The average Bonchev–Trinajstić information content (AvgIpc) is 2.96. The van der Waals surface area contributed by atoms with Gasteiger partial charge in [0.2, 0.25) is 0 Å². The summed E-state index contributed by atoms with van der Waals surface area (Å²) in [5, 5.41) is 3.47. The Balaban J connectivity index is 1.52. The zero-order valence-electron chi connectivity index (χ0n) is 12.0. The van der Waals surface area contributed by atoms with Crippen LogP contribution in [-0.2, 0) is 19.6 Å². The lowest BCUT2D eigenvalue weighted by atomic mass is 10.3. The molecule has 1 aliphatic carbocycles. The van der Waals surface area contributed by atoms with Crippen LogP contribution in [-0.4, -0.2) is 17.5 Å². The van der Waals surface area contributed by atoms with E-state index in [9.17, 15) is 0 Å². The van der Waals surface area contributed by atoms with Crippen LogP contribution in [0.4, 0.5) is 0 Å². The fourth-order valence-corrected chi connectivity index (χ4v) is 2.26. The minimum absolute atomic E-state index is 0.717. The minimum Gasteiger partial charge on any atom is -0.468 e. The topological polar surface area (TPSA) is 41.6 Å². The first-order valence-corrected chi connectivity index (χ1v) is 7.39. The fourth-order valence-electron chi connectivity index (χ4n) is 2.26. The monoisotopic (exact) mass is 274 g/mol. The van der Waals surface area contributed by atoms with Crippen LogP contribution in [0.3, 0.4) is 0 Å². The van der Waals surface area contributed by atoms with Gasteiger partial charge in [-0.15, -0.1) is 0 Å². The summed E-state index contributed by atoms with van der Waals surface area (Å²) < 4.78 is 11.3. The van der Waals surface area contributed by atoms with Gasteiger partial charge >= 0.3 is 0 Å². The second-order valence-electron chi connectivity index (χ2n) is 5.41. The Bertz CT molecular complexity index is 514. The molecular weight excluding hydrogens is 252 g/mol. The van der Waals surface area contributed by atoms with Crippen molar-refractivity contribution in [1.29, 1.82) is 0 Å². The Morgan fingerprint density at radius 2 is 1.95 bits per heavy atom. The quantitative estimate of drug-likeness (QED) is 0.803. The van der Waals surface area contributed by atoms with Crippen LogP contribution in [0, 0.1) is 0 Å². The zero-order chi connectivity index (χ0) is 13.8. The van der Waals surface area contributed by atoms with Crippen LogP contribution in [0.2, 0.25) is 0 Å². The van der Waals surface area contributed by atoms with E-state index in [0.717, 1.165) is 49.5 Å². The fraction of sp³-hybridized carbons (Fsp3) is 0.500. The summed E-state index contributed by atoms with van der Waals surface area (Å²) in [4.78, 5) is 2.30. The molecule has 1 aliphatic rings. The maximum absolute atomic E-state index is 5.88. The van der Waals surface area contributed by atoms with Gasteiger partial charge in [0, 0.05) is 6.04 Å². The molecule has 2 aromatic heterocycles. The molecule has 4 heteroatoms. The molecule has 0 saturated heterocycles. The van der Waals surface area contributed by atoms with Crippen LogP contribution in [0.5, 0.6) is 0 Å². The Labute approximate surface area is 119 Å². The van der Waals surface area contributed by atoms with Crippen LogP contribution < -0.4 is 5.32 Å². The molecule has 1 fully saturated rings. The summed E-state index contributed by atoms with van der Waals surface area (Å²) in [6.07, 6.45) is 4.33. The van der Waals surface area contributed by atoms with Crippen LogP contribution >= 0.6 is 0 Å². The summed E-state index contributed by atoms with van der Waals surface area (Å²) in [7, 11) is 0. The van der Waals surface area contributed by atoms with E-state index in [4.69, 9.17) is 8.83 Å². The lowest BCUT2D eigenvalue weighted by Gasteiger charge is -2.17. The minimum atomic E-state index is 0.717. The summed E-state index contributed by atoms with van der Waals surface area (Å²) in [6.45, 7) is 5.61. The lowest BCUT2D eigenvalue weighted by molar-refractivity contribution is 0.226. The Morgan fingerprint density at radius 3 is 2.65 bits per heavy atom. The zero-order valence-corrected chi connectivity index (χ0v) is 12.0. The third-order valence-electron chi connectivity index (χ3n) is 3.65. The van der Waals surface area contributed by atoms with Gasteiger partial charge in [0.25, 0.3) is 0 Å². The number of nitrogens with one attached hydrogen (secondary N) is 1. The molecule has 0 atom stereocenters. The largest absolute Gasteiger partial charge is 0.468 e. The molecule has 0 aliphatic heterocycles. The van der Waals surface area contributed by atoms with Crippen molar-refractivity contribution in [3.63, 3.8) is 0 Å². The van der Waals surface area contributed by atoms with Gasteiger partial charge in [0.15, 0.2) is 0 Å². The number of hydrogen-bond donors (Lipinski definition) is 1. The molecule has 0 unspecified atom stereocenters. The van der Waals surface area contributed by atoms with E-state index in [1.807, 2.05) is 12.1 Å². The summed E-state index contributed by atoms with van der Waals surface area (Å²) in [5.74, 6) is 3.04. The Morgan fingerprint density at radius 1 is 1.15 bits per heavy atom. The molecule has 0 aromatic carbocycles. The van der Waals surface area contributed by atoms with Gasteiger partial charge in [-0.2, -0.15) is 0 Å². The predicted molar refractivity (Wildman–Crippen MR) is 77.1 cm³/mol. The van der Waals surface area contributed by atoms with E-state index >= 15 is 0 Å². The Kier molecular flexibility index (Phi) is 4.23. The number of nitrogens with zero attached hydrogens (tertiary/aromatic N) is 1. The van der Waals surface area contributed by atoms with E-state index in [0.29, 0.717) is 0 Å². The smallest absolute Gasteiger partial charge is 0.118 e. The van der Waals surface area contributed by atoms with Crippen LogP contribution in [0.15, 0.2) is 39.4 Å². The number of furan rings is 2. The molecule has 2 heterocycles. The highest BCUT2D eigenvalue weighted by atomic mass is 16.3. The number of rotatable bonds is 8.